The smallest absolute Gasteiger partial charge is 0.338 e. The molecule has 0 radical (unpaired) electrons. The van der Waals surface area contributed by atoms with E-state index in [9.17, 15) is 23.1 Å². The van der Waals surface area contributed by atoms with E-state index in [0.717, 1.165) is 19.3 Å². The lowest BCUT2D eigenvalue weighted by Crippen LogP contribution is -2.46. The molecule has 1 aromatic rings. The predicted molar refractivity (Wildman–Crippen MR) is 93.2 cm³/mol. The van der Waals surface area contributed by atoms with Crippen molar-refractivity contribution in [1.82, 2.24) is 4.31 Å². The largest absolute Gasteiger partial charge is 0.480 e. The van der Waals surface area contributed by atoms with Crippen LogP contribution in [0.4, 0.5) is 0 Å². The molecule has 1 aromatic carbocycles. The third-order valence-corrected chi connectivity index (χ3v) is 7.16. The highest BCUT2D eigenvalue weighted by atomic mass is 32.2. The fraction of sp³-hybridized carbons (Fsp3) is 0.556. The van der Waals surface area contributed by atoms with Gasteiger partial charge < -0.3 is 9.84 Å². The average Bonchev–Trinajstić information content (AvgIpc) is 3.03. The Labute approximate surface area is 153 Å². The summed E-state index contributed by atoms with van der Waals surface area (Å²) in [6.45, 7) is 1.86. The molecule has 0 spiro atoms. The van der Waals surface area contributed by atoms with E-state index in [1.807, 2.05) is 0 Å². The number of rotatable bonds is 5. The molecule has 2 aliphatic rings. The monoisotopic (exact) mass is 381 g/mol. The molecular weight excluding hydrogens is 358 g/mol. The van der Waals surface area contributed by atoms with Gasteiger partial charge in [0.15, 0.2) is 0 Å². The van der Waals surface area contributed by atoms with Gasteiger partial charge in [-0.05, 0) is 50.3 Å². The summed E-state index contributed by atoms with van der Waals surface area (Å²) < 4.78 is 32.6. The van der Waals surface area contributed by atoms with E-state index in [2.05, 4.69) is 0 Å². The van der Waals surface area contributed by atoms with Crippen LogP contribution in [0.5, 0.6) is 0 Å². The normalized spacial score (nSPS) is 26.3. The molecule has 0 bridgehead atoms. The van der Waals surface area contributed by atoms with Crippen molar-refractivity contribution in [2.45, 2.75) is 56.0 Å². The molecule has 1 heterocycles. The van der Waals surface area contributed by atoms with E-state index < -0.39 is 28.0 Å². The third kappa shape index (κ3) is 3.35. The van der Waals surface area contributed by atoms with Crippen LogP contribution in [0.2, 0.25) is 0 Å². The molecular formula is C18H23NO6S. The van der Waals surface area contributed by atoms with Gasteiger partial charge in [-0.3, -0.25) is 4.79 Å². The number of carboxylic acids is 1. The molecule has 3 rings (SSSR count). The molecule has 3 unspecified atom stereocenters. The summed E-state index contributed by atoms with van der Waals surface area (Å²) in [7, 11) is -4.03. The fourth-order valence-corrected chi connectivity index (χ4v) is 6.01. The molecule has 0 amide bonds. The van der Waals surface area contributed by atoms with Crippen molar-refractivity contribution < 1.29 is 27.9 Å². The van der Waals surface area contributed by atoms with Gasteiger partial charge in [-0.2, -0.15) is 4.31 Å². The van der Waals surface area contributed by atoms with Gasteiger partial charge in [0.2, 0.25) is 10.0 Å². The second kappa shape index (κ2) is 7.36. The molecule has 142 valence electrons. The lowest BCUT2D eigenvalue weighted by molar-refractivity contribution is -0.141. The second-order valence-corrected chi connectivity index (χ2v) is 8.63. The molecule has 26 heavy (non-hydrogen) atoms. The molecule has 1 aliphatic heterocycles. The maximum Gasteiger partial charge on any atom is 0.338 e. The first-order chi connectivity index (χ1) is 12.4. The minimum Gasteiger partial charge on any atom is -0.480 e. The lowest BCUT2D eigenvalue weighted by atomic mass is 9.85. The van der Waals surface area contributed by atoms with Crippen molar-refractivity contribution in [3.8, 4) is 0 Å². The fourth-order valence-electron chi connectivity index (χ4n) is 4.09. The SMILES string of the molecule is CCOC(=O)c1cccc(S(=O)(=O)N2C(C(=O)O)CC3CCCCC32)c1. The van der Waals surface area contributed by atoms with Crippen LogP contribution in [-0.2, 0) is 19.6 Å². The zero-order chi connectivity index (χ0) is 18.9. The number of benzene rings is 1. The number of hydrogen-bond donors (Lipinski definition) is 1. The first kappa shape index (κ1) is 18.8. The van der Waals surface area contributed by atoms with Crippen molar-refractivity contribution in [3.63, 3.8) is 0 Å². The van der Waals surface area contributed by atoms with Gasteiger partial charge in [0.05, 0.1) is 17.1 Å². The van der Waals surface area contributed by atoms with Gasteiger partial charge in [-0.25, -0.2) is 13.2 Å². The average molecular weight is 381 g/mol. The van der Waals surface area contributed by atoms with E-state index in [4.69, 9.17) is 4.74 Å². The van der Waals surface area contributed by atoms with Gasteiger partial charge in [0, 0.05) is 6.04 Å². The molecule has 1 aliphatic carbocycles. The standard InChI is InChI=1S/C18H23NO6S/c1-2-25-18(22)13-7-5-8-14(10-13)26(23,24)19-15-9-4-3-6-12(15)11-16(19)17(20)21/h5,7-8,10,12,15-16H,2-4,6,9,11H2,1H3,(H,20,21). The number of hydrogen-bond acceptors (Lipinski definition) is 5. The van der Waals surface area contributed by atoms with Crippen LogP contribution in [0.1, 0.15) is 49.4 Å². The van der Waals surface area contributed by atoms with Crippen molar-refractivity contribution in [2.24, 2.45) is 5.92 Å². The van der Waals surface area contributed by atoms with Crippen molar-refractivity contribution in [2.75, 3.05) is 6.61 Å². The van der Waals surface area contributed by atoms with Crippen molar-refractivity contribution >= 4 is 22.0 Å². The summed E-state index contributed by atoms with van der Waals surface area (Å²) >= 11 is 0. The number of sulfonamides is 1. The van der Waals surface area contributed by atoms with Crippen LogP contribution >= 0.6 is 0 Å². The van der Waals surface area contributed by atoms with Gasteiger partial charge in [0.25, 0.3) is 0 Å². The molecule has 7 nitrogen and oxygen atoms in total. The topological polar surface area (TPSA) is 101 Å². The number of carbonyl (C=O) groups is 2. The van der Waals surface area contributed by atoms with Crippen LogP contribution in [0, 0.1) is 5.92 Å². The Bertz CT molecular complexity index is 806. The third-order valence-electron chi connectivity index (χ3n) is 5.23. The van der Waals surface area contributed by atoms with Crippen LogP contribution in [-0.4, -0.2) is 48.5 Å². The number of fused-ring (bicyclic) bond motifs is 1. The summed E-state index contributed by atoms with van der Waals surface area (Å²) in [5.74, 6) is -1.64. The Morgan fingerprint density at radius 3 is 2.69 bits per heavy atom. The minimum absolute atomic E-state index is 0.0690. The quantitative estimate of drug-likeness (QED) is 0.785. The number of ether oxygens (including phenoxy) is 1. The van der Waals surface area contributed by atoms with E-state index >= 15 is 0 Å². The first-order valence-corrected chi connectivity index (χ1v) is 10.3. The molecule has 2 fully saturated rings. The Kier molecular flexibility index (Phi) is 5.34. The maximum atomic E-state index is 13.2. The predicted octanol–water partition coefficient (Wildman–Crippen LogP) is 2.27. The molecule has 0 aromatic heterocycles. The minimum atomic E-state index is -4.03. The summed E-state index contributed by atoms with van der Waals surface area (Å²) in [6.07, 6.45) is 3.76. The van der Waals surface area contributed by atoms with Crippen LogP contribution in [0.25, 0.3) is 0 Å². The number of carboxylic acid groups (broad SMARTS) is 1. The Morgan fingerprint density at radius 1 is 1.27 bits per heavy atom. The molecule has 8 heteroatoms. The number of aliphatic carboxylic acids is 1. The highest BCUT2D eigenvalue weighted by Gasteiger charge is 2.51. The van der Waals surface area contributed by atoms with E-state index in [-0.39, 0.29) is 29.0 Å². The van der Waals surface area contributed by atoms with Crippen LogP contribution in [0.3, 0.4) is 0 Å². The summed E-state index contributed by atoms with van der Waals surface area (Å²) in [5.41, 5.74) is 0.138. The molecule has 1 saturated heterocycles. The Hall–Kier alpha value is -1.93. The highest BCUT2D eigenvalue weighted by molar-refractivity contribution is 7.89. The molecule has 1 saturated carbocycles. The highest BCUT2D eigenvalue weighted by Crippen LogP contribution is 2.42. The van der Waals surface area contributed by atoms with Gasteiger partial charge >= 0.3 is 11.9 Å². The van der Waals surface area contributed by atoms with Gasteiger partial charge in [0.1, 0.15) is 6.04 Å². The van der Waals surface area contributed by atoms with Gasteiger partial charge in [-0.1, -0.05) is 18.9 Å². The Balaban J connectivity index is 1.99. The van der Waals surface area contributed by atoms with Crippen molar-refractivity contribution in [3.05, 3.63) is 29.8 Å². The lowest BCUT2D eigenvalue weighted by Gasteiger charge is -2.32. The van der Waals surface area contributed by atoms with Crippen LogP contribution < -0.4 is 0 Å². The second-order valence-electron chi connectivity index (χ2n) is 6.78. The Morgan fingerprint density at radius 2 is 2.00 bits per heavy atom. The van der Waals surface area contributed by atoms with E-state index in [1.54, 1.807) is 6.92 Å². The number of carbonyl (C=O) groups excluding carboxylic acids is 1. The van der Waals surface area contributed by atoms with E-state index in [1.165, 1.54) is 28.6 Å². The summed E-state index contributed by atoms with van der Waals surface area (Å²) in [5, 5.41) is 9.57. The summed E-state index contributed by atoms with van der Waals surface area (Å²) in [6, 6.07) is 4.28. The first-order valence-electron chi connectivity index (χ1n) is 8.89. The maximum absolute atomic E-state index is 13.2. The molecule has 1 N–H and O–H groups in total. The van der Waals surface area contributed by atoms with Crippen LogP contribution in [0.15, 0.2) is 29.2 Å². The number of esters is 1. The zero-order valence-electron chi connectivity index (χ0n) is 14.6. The van der Waals surface area contributed by atoms with Crippen molar-refractivity contribution in [1.29, 1.82) is 0 Å². The molecule has 3 atom stereocenters. The van der Waals surface area contributed by atoms with E-state index in [0.29, 0.717) is 12.8 Å². The number of nitrogens with zero attached hydrogens (tertiary/aromatic N) is 1. The van der Waals surface area contributed by atoms with Gasteiger partial charge in [-0.15, -0.1) is 0 Å². The zero-order valence-corrected chi connectivity index (χ0v) is 15.4. The summed E-state index contributed by atoms with van der Waals surface area (Å²) in [4.78, 5) is 23.6.